The fraction of sp³-hybridized carbons (Fsp3) is 0.606. The second kappa shape index (κ2) is 15.4. The number of hydrogen-bond acceptors (Lipinski definition) is 7. The Balaban J connectivity index is 1.49. The average molecular weight is 568 g/mol. The molecular formula is C33H49N3O5. The summed E-state index contributed by atoms with van der Waals surface area (Å²) < 4.78 is 23.4. The van der Waals surface area contributed by atoms with Gasteiger partial charge in [0.15, 0.2) is 0 Å². The number of benzene rings is 2. The van der Waals surface area contributed by atoms with Gasteiger partial charge in [0.25, 0.3) is 0 Å². The molecule has 1 amide bonds. The monoisotopic (exact) mass is 567 g/mol. The molecule has 226 valence electrons. The van der Waals surface area contributed by atoms with Gasteiger partial charge in [-0.1, -0.05) is 18.2 Å². The first-order chi connectivity index (χ1) is 19.9. The van der Waals surface area contributed by atoms with Crippen molar-refractivity contribution in [1.29, 1.82) is 0 Å². The normalized spacial score (nSPS) is 21.1. The van der Waals surface area contributed by atoms with Crippen LogP contribution in [0.1, 0.15) is 57.1 Å². The van der Waals surface area contributed by atoms with Crippen molar-refractivity contribution in [3.63, 3.8) is 0 Å². The van der Waals surface area contributed by atoms with Crippen molar-refractivity contribution in [3.05, 3.63) is 53.6 Å². The molecule has 0 saturated carbocycles. The molecule has 0 unspecified atom stereocenters. The molecule has 0 bridgehead atoms. The number of hydrogen-bond donors (Lipinski definition) is 1. The van der Waals surface area contributed by atoms with Crippen molar-refractivity contribution in [2.24, 2.45) is 5.92 Å². The van der Waals surface area contributed by atoms with E-state index in [2.05, 4.69) is 54.4 Å². The zero-order valence-corrected chi connectivity index (χ0v) is 25.6. The van der Waals surface area contributed by atoms with Crippen molar-refractivity contribution in [2.75, 3.05) is 65.1 Å². The predicted molar refractivity (Wildman–Crippen MR) is 163 cm³/mol. The minimum Gasteiger partial charge on any atom is -0.497 e. The molecule has 2 heterocycles. The summed E-state index contributed by atoms with van der Waals surface area (Å²) in [6.45, 7) is 12.2. The molecule has 2 aromatic carbocycles. The van der Waals surface area contributed by atoms with Crippen LogP contribution in [0.15, 0.2) is 42.5 Å². The average Bonchev–Trinajstić information content (AvgIpc) is 2.99. The number of piperidine rings is 1. The van der Waals surface area contributed by atoms with E-state index in [0.717, 1.165) is 81.3 Å². The van der Waals surface area contributed by atoms with Crippen LogP contribution >= 0.6 is 0 Å². The molecule has 0 aromatic heterocycles. The van der Waals surface area contributed by atoms with Gasteiger partial charge in [-0.2, -0.15) is 0 Å². The van der Waals surface area contributed by atoms with Gasteiger partial charge in [-0.3, -0.25) is 4.79 Å². The van der Waals surface area contributed by atoms with E-state index < -0.39 is 0 Å². The van der Waals surface area contributed by atoms with Gasteiger partial charge in [0, 0.05) is 52.2 Å². The first-order valence-corrected chi connectivity index (χ1v) is 15.2. The van der Waals surface area contributed by atoms with E-state index in [9.17, 15) is 4.79 Å². The van der Waals surface area contributed by atoms with E-state index in [-0.39, 0.29) is 24.0 Å². The first kappa shape index (κ1) is 31.1. The Morgan fingerprint density at radius 1 is 1.17 bits per heavy atom. The van der Waals surface area contributed by atoms with Crippen molar-refractivity contribution >= 4 is 11.6 Å². The highest BCUT2D eigenvalue weighted by molar-refractivity contribution is 5.73. The fourth-order valence-corrected chi connectivity index (χ4v) is 6.42. The third-order valence-corrected chi connectivity index (χ3v) is 8.62. The summed E-state index contributed by atoms with van der Waals surface area (Å²) in [5.74, 6) is 2.57. The van der Waals surface area contributed by atoms with Crippen LogP contribution in [0.25, 0.3) is 0 Å². The predicted octanol–water partition coefficient (Wildman–Crippen LogP) is 4.86. The summed E-state index contributed by atoms with van der Waals surface area (Å²) in [7, 11) is 3.45. The summed E-state index contributed by atoms with van der Waals surface area (Å²) >= 11 is 0. The van der Waals surface area contributed by atoms with Gasteiger partial charge in [-0.25, -0.2) is 0 Å². The zero-order valence-electron chi connectivity index (χ0n) is 25.6. The van der Waals surface area contributed by atoms with Crippen LogP contribution in [0.5, 0.6) is 11.5 Å². The Bertz CT molecular complexity index is 1090. The largest absolute Gasteiger partial charge is 0.497 e. The fourth-order valence-electron chi connectivity index (χ4n) is 6.42. The number of nitrogens with zero attached hydrogens (tertiary/aromatic N) is 2. The number of methoxy groups -OCH3 is 2. The quantitative estimate of drug-likeness (QED) is 0.327. The Hall–Kier alpha value is -2.81. The Morgan fingerprint density at radius 3 is 2.68 bits per heavy atom. The van der Waals surface area contributed by atoms with Gasteiger partial charge in [0.1, 0.15) is 18.1 Å². The maximum Gasteiger partial charge on any atom is 0.219 e. The minimum absolute atomic E-state index is 0.0256. The molecule has 4 atom stereocenters. The zero-order chi connectivity index (χ0) is 29.2. The Labute approximate surface area is 246 Å². The lowest BCUT2D eigenvalue weighted by atomic mass is 9.76. The van der Waals surface area contributed by atoms with E-state index in [1.165, 1.54) is 5.56 Å². The summed E-state index contributed by atoms with van der Waals surface area (Å²) in [6.07, 6.45) is 2.98. The second-order valence-corrected chi connectivity index (χ2v) is 11.3. The molecule has 0 radical (unpaired) electrons. The molecule has 1 saturated heterocycles. The summed E-state index contributed by atoms with van der Waals surface area (Å²) in [4.78, 5) is 16.5. The van der Waals surface area contributed by atoms with E-state index in [0.29, 0.717) is 19.1 Å². The molecule has 41 heavy (non-hydrogen) atoms. The lowest BCUT2D eigenvalue weighted by Gasteiger charge is -2.40. The molecule has 1 fully saturated rings. The Kier molecular flexibility index (Phi) is 11.7. The van der Waals surface area contributed by atoms with Gasteiger partial charge in [0.2, 0.25) is 5.91 Å². The van der Waals surface area contributed by atoms with Crippen molar-refractivity contribution in [3.8, 4) is 11.5 Å². The van der Waals surface area contributed by atoms with Gasteiger partial charge in [-0.15, -0.1) is 0 Å². The molecule has 2 aliphatic rings. The Morgan fingerprint density at radius 2 is 1.98 bits per heavy atom. The highest BCUT2D eigenvalue weighted by atomic mass is 16.5. The maximum absolute atomic E-state index is 12.1. The van der Waals surface area contributed by atoms with Gasteiger partial charge in [-0.05, 0) is 81.0 Å². The smallest absolute Gasteiger partial charge is 0.219 e. The third kappa shape index (κ3) is 8.15. The molecule has 4 rings (SSSR count). The first-order valence-electron chi connectivity index (χ1n) is 15.2. The number of anilines is 1. The molecular weight excluding hydrogens is 518 g/mol. The molecule has 1 N–H and O–H groups in total. The van der Waals surface area contributed by atoms with Gasteiger partial charge < -0.3 is 34.1 Å². The van der Waals surface area contributed by atoms with Gasteiger partial charge in [0.05, 0.1) is 32.1 Å². The molecule has 8 heteroatoms. The summed E-state index contributed by atoms with van der Waals surface area (Å²) in [6, 6.07) is 15.1. The molecule has 0 aliphatic carbocycles. The number of carbonyl (C=O) groups is 1. The SMILES string of the molecule is CCN(C(C)=O)[C@H](C)CC[C@@H]1CNC[C@H](OCc2ccc3c(c2)N(CCCOC)CCO3)[C@H]1c1ccc(OC)cc1. The number of amides is 1. The molecule has 2 aromatic rings. The number of nitrogens with one attached hydrogen (secondary N) is 1. The van der Waals surface area contributed by atoms with Crippen molar-refractivity contribution < 1.29 is 23.7 Å². The van der Waals surface area contributed by atoms with E-state index >= 15 is 0 Å². The van der Waals surface area contributed by atoms with Crippen LogP contribution in [-0.4, -0.2) is 83.1 Å². The van der Waals surface area contributed by atoms with Crippen molar-refractivity contribution in [1.82, 2.24) is 10.2 Å². The highest BCUT2D eigenvalue weighted by Gasteiger charge is 2.35. The summed E-state index contributed by atoms with van der Waals surface area (Å²) in [5.41, 5.74) is 3.56. The van der Waals surface area contributed by atoms with Gasteiger partial charge >= 0.3 is 0 Å². The van der Waals surface area contributed by atoms with Crippen molar-refractivity contribution in [2.45, 2.75) is 64.7 Å². The lowest BCUT2D eigenvalue weighted by molar-refractivity contribution is -0.130. The van der Waals surface area contributed by atoms with Crippen LogP contribution in [0.4, 0.5) is 5.69 Å². The molecule has 0 spiro atoms. The molecule has 2 aliphatic heterocycles. The number of ether oxygens (including phenoxy) is 4. The van der Waals surface area contributed by atoms with E-state index in [1.807, 2.05) is 17.0 Å². The third-order valence-electron chi connectivity index (χ3n) is 8.62. The van der Waals surface area contributed by atoms with Crippen LogP contribution < -0.4 is 19.7 Å². The van der Waals surface area contributed by atoms with E-state index in [1.54, 1.807) is 21.1 Å². The topological polar surface area (TPSA) is 72.5 Å². The van der Waals surface area contributed by atoms with E-state index in [4.69, 9.17) is 18.9 Å². The van der Waals surface area contributed by atoms with Crippen LogP contribution in [-0.2, 0) is 20.9 Å². The number of rotatable bonds is 14. The minimum atomic E-state index is 0.0256. The summed E-state index contributed by atoms with van der Waals surface area (Å²) in [5, 5.41) is 3.65. The lowest BCUT2D eigenvalue weighted by Crippen LogP contribution is -2.47. The van der Waals surface area contributed by atoms with Crippen LogP contribution in [0, 0.1) is 5.92 Å². The van der Waals surface area contributed by atoms with Crippen LogP contribution in [0.3, 0.4) is 0 Å². The second-order valence-electron chi connectivity index (χ2n) is 11.3. The standard InChI is InChI=1S/C33H49N3O5/c1-6-36(25(3)37)24(2)8-10-28-21-34-22-32(33(28)27-11-13-29(39-5)14-12-27)41-23-26-9-15-31-30(20-26)35(17-19-40-31)16-7-18-38-4/h9,11-15,20,24,28,32-34H,6-8,10,16-19,21-23H2,1-5H3/t24-,28-,32+,33+/m1/s1. The molecule has 8 nitrogen and oxygen atoms in total. The number of fused-ring (bicyclic) bond motifs is 1. The van der Waals surface area contributed by atoms with Crippen LogP contribution in [0.2, 0.25) is 0 Å². The highest BCUT2D eigenvalue weighted by Crippen LogP contribution is 2.38. The maximum atomic E-state index is 12.1. The number of carbonyl (C=O) groups excluding carboxylic acids is 1.